The van der Waals surface area contributed by atoms with Gasteiger partial charge >= 0.3 is 6.09 Å². The number of carbonyl (C=O) groups is 2. The second-order valence-electron chi connectivity index (χ2n) is 7.04. The van der Waals surface area contributed by atoms with Crippen molar-refractivity contribution >= 4 is 12.0 Å². The van der Waals surface area contributed by atoms with Crippen LogP contribution >= 0.6 is 0 Å². The van der Waals surface area contributed by atoms with Crippen LogP contribution < -0.4 is 0 Å². The highest BCUT2D eigenvalue weighted by molar-refractivity contribution is 6.00. The van der Waals surface area contributed by atoms with E-state index in [0.717, 1.165) is 18.4 Å². The number of hydrogen-bond acceptors (Lipinski definition) is 4. The number of likely N-dealkylation sites (tertiary alicyclic amines) is 1. The summed E-state index contributed by atoms with van der Waals surface area (Å²) in [6.07, 6.45) is 5.42. The normalized spacial score (nSPS) is 23.2. The molecule has 3 heterocycles. The second-order valence-corrected chi connectivity index (χ2v) is 7.04. The van der Waals surface area contributed by atoms with Gasteiger partial charge in [0.15, 0.2) is 0 Å². The number of likely N-dealkylation sites (N-methyl/N-ethyl adjacent to an activating group) is 1. The van der Waals surface area contributed by atoms with E-state index in [1.165, 1.54) is 0 Å². The molecule has 136 valence electrons. The zero-order valence-corrected chi connectivity index (χ0v) is 14.8. The van der Waals surface area contributed by atoms with Crippen LogP contribution in [0, 0.1) is 0 Å². The third kappa shape index (κ3) is 2.94. The van der Waals surface area contributed by atoms with E-state index in [1.807, 2.05) is 29.2 Å². The Hall–Kier alpha value is -2.83. The van der Waals surface area contributed by atoms with Gasteiger partial charge in [-0.05, 0) is 18.9 Å². The van der Waals surface area contributed by atoms with Gasteiger partial charge in [-0.25, -0.2) is 9.78 Å². The topological polar surface area (TPSA) is 78.5 Å². The fourth-order valence-corrected chi connectivity index (χ4v) is 3.88. The number of hydrogen-bond donors (Lipinski definition) is 1. The third-order valence-electron chi connectivity index (χ3n) is 5.24. The number of nitrogens with one attached hydrogen (secondary N) is 1. The minimum atomic E-state index is -0.457. The lowest BCUT2D eigenvalue weighted by atomic mass is 9.95. The Morgan fingerprint density at radius 1 is 1.27 bits per heavy atom. The van der Waals surface area contributed by atoms with Crippen molar-refractivity contribution in [3.05, 3.63) is 42.2 Å². The molecule has 7 heteroatoms. The fraction of sp³-hybridized carbons (Fsp3) is 0.421. The number of rotatable bonds is 2. The van der Waals surface area contributed by atoms with Crippen molar-refractivity contribution in [2.45, 2.75) is 24.9 Å². The molecule has 0 radical (unpaired) electrons. The van der Waals surface area contributed by atoms with Crippen molar-refractivity contribution in [1.82, 2.24) is 19.8 Å². The van der Waals surface area contributed by atoms with Crippen LogP contribution in [0.1, 0.15) is 29.6 Å². The van der Waals surface area contributed by atoms with Gasteiger partial charge in [-0.1, -0.05) is 18.2 Å². The first-order chi connectivity index (χ1) is 12.6. The summed E-state index contributed by atoms with van der Waals surface area (Å²) in [7, 11) is 1.75. The Morgan fingerprint density at radius 2 is 2.12 bits per heavy atom. The van der Waals surface area contributed by atoms with Gasteiger partial charge in [-0.2, -0.15) is 0 Å². The van der Waals surface area contributed by atoms with E-state index in [1.54, 1.807) is 24.3 Å². The molecule has 1 aromatic heterocycles. The van der Waals surface area contributed by atoms with Crippen LogP contribution in [0.25, 0.3) is 11.4 Å². The second kappa shape index (κ2) is 6.48. The summed E-state index contributed by atoms with van der Waals surface area (Å²) < 4.78 is 5.63. The summed E-state index contributed by atoms with van der Waals surface area (Å²) in [5, 5.41) is 0. The standard InChI is InChI=1S/C19H22N4O3/c1-22-13-19(26-18(22)25)7-4-11-23(12-8-19)17(24)15-6-3-2-5-14(15)16-20-9-10-21-16/h2-3,5-6,9-10H,4,7-8,11-13H2,1H3,(H,20,21)/t19-/m0/s1. The summed E-state index contributed by atoms with van der Waals surface area (Å²) in [5.41, 5.74) is 0.980. The molecule has 0 unspecified atom stereocenters. The number of carbonyl (C=O) groups excluding carboxylic acids is 2. The summed E-state index contributed by atoms with van der Waals surface area (Å²) in [6, 6.07) is 7.51. The number of nitrogens with zero attached hydrogens (tertiary/aromatic N) is 3. The molecule has 7 nitrogen and oxygen atoms in total. The maximum atomic E-state index is 13.2. The Morgan fingerprint density at radius 3 is 2.85 bits per heavy atom. The van der Waals surface area contributed by atoms with E-state index in [-0.39, 0.29) is 12.0 Å². The Balaban J connectivity index is 1.54. The first-order valence-corrected chi connectivity index (χ1v) is 8.90. The number of aromatic amines is 1. The Kier molecular flexibility index (Phi) is 4.14. The fourth-order valence-electron chi connectivity index (χ4n) is 3.88. The molecule has 0 saturated carbocycles. The summed E-state index contributed by atoms with van der Waals surface area (Å²) in [4.78, 5) is 35.8. The minimum absolute atomic E-state index is 0.00766. The van der Waals surface area contributed by atoms with E-state index in [9.17, 15) is 9.59 Å². The predicted octanol–water partition coefficient (Wildman–Crippen LogP) is 2.52. The number of aromatic nitrogens is 2. The SMILES string of the molecule is CN1C[C@@]2(CCCN(C(=O)c3ccccc3-c3ncc[nH]3)CC2)OC1=O. The molecule has 4 rings (SSSR count). The lowest BCUT2D eigenvalue weighted by molar-refractivity contribution is 0.0439. The zero-order chi connectivity index (χ0) is 18.1. The molecule has 26 heavy (non-hydrogen) atoms. The van der Waals surface area contributed by atoms with Crippen molar-refractivity contribution in [3.63, 3.8) is 0 Å². The molecule has 1 aromatic carbocycles. The van der Waals surface area contributed by atoms with Gasteiger partial charge < -0.3 is 19.5 Å². The van der Waals surface area contributed by atoms with Gasteiger partial charge in [0, 0.05) is 44.5 Å². The first-order valence-electron chi connectivity index (χ1n) is 8.90. The van der Waals surface area contributed by atoms with E-state index in [4.69, 9.17) is 4.74 Å². The van der Waals surface area contributed by atoms with Crippen molar-refractivity contribution in [3.8, 4) is 11.4 Å². The highest BCUT2D eigenvalue weighted by Crippen LogP contribution is 2.33. The van der Waals surface area contributed by atoms with Crippen molar-refractivity contribution in [2.75, 3.05) is 26.7 Å². The average molecular weight is 354 g/mol. The third-order valence-corrected chi connectivity index (χ3v) is 5.24. The minimum Gasteiger partial charge on any atom is -0.441 e. The van der Waals surface area contributed by atoms with Gasteiger partial charge in [0.1, 0.15) is 11.4 Å². The number of ether oxygens (including phenoxy) is 1. The van der Waals surface area contributed by atoms with Crippen molar-refractivity contribution in [1.29, 1.82) is 0 Å². The Bertz CT molecular complexity index is 820. The highest BCUT2D eigenvalue weighted by Gasteiger charge is 2.44. The molecule has 2 aromatic rings. The molecule has 2 amide bonds. The number of benzene rings is 1. The summed E-state index contributed by atoms with van der Waals surface area (Å²) in [6.45, 7) is 1.83. The van der Waals surface area contributed by atoms with Crippen LogP contribution in [0.15, 0.2) is 36.7 Å². The number of H-pyrrole nitrogens is 1. The number of imidazole rings is 1. The number of amides is 2. The highest BCUT2D eigenvalue weighted by atomic mass is 16.6. The molecular formula is C19H22N4O3. The van der Waals surface area contributed by atoms with Gasteiger partial charge in [-0.3, -0.25) is 4.79 Å². The lowest BCUT2D eigenvalue weighted by Gasteiger charge is -2.25. The molecule has 2 saturated heterocycles. The molecule has 1 spiro atoms. The molecule has 2 aliphatic heterocycles. The van der Waals surface area contributed by atoms with Crippen LogP contribution in [0.5, 0.6) is 0 Å². The maximum absolute atomic E-state index is 13.2. The largest absolute Gasteiger partial charge is 0.441 e. The quantitative estimate of drug-likeness (QED) is 0.899. The van der Waals surface area contributed by atoms with Crippen molar-refractivity contribution < 1.29 is 14.3 Å². The van der Waals surface area contributed by atoms with Crippen LogP contribution in [0.4, 0.5) is 4.79 Å². The van der Waals surface area contributed by atoms with Crippen LogP contribution in [0.2, 0.25) is 0 Å². The van der Waals surface area contributed by atoms with E-state index < -0.39 is 5.60 Å². The predicted molar refractivity (Wildman–Crippen MR) is 95.6 cm³/mol. The molecule has 1 atom stereocenters. The zero-order valence-electron chi connectivity index (χ0n) is 14.8. The van der Waals surface area contributed by atoms with Gasteiger partial charge in [0.25, 0.3) is 5.91 Å². The summed E-state index contributed by atoms with van der Waals surface area (Å²) in [5.74, 6) is 0.679. The van der Waals surface area contributed by atoms with Gasteiger partial charge in [-0.15, -0.1) is 0 Å². The van der Waals surface area contributed by atoms with Gasteiger partial charge in [0.05, 0.1) is 12.1 Å². The molecule has 2 fully saturated rings. The molecule has 0 aliphatic carbocycles. The van der Waals surface area contributed by atoms with Crippen molar-refractivity contribution in [2.24, 2.45) is 0 Å². The molecule has 2 aliphatic rings. The first kappa shape index (κ1) is 16.6. The lowest BCUT2D eigenvalue weighted by Crippen LogP contribution is -2.37. The smallest absolute Gasteiger partial charge is 0.410 e. The van der Waals surface area contributed by atoms with Gasteiger partial charge in [0.2, 0.25) is 0 Å². The molecular weight excluding hydrogens is 332 g/mol. The van der Waals surface area contributed by atoms with Crippen LogP contribution in [-0.4, -0.2) is 64.1 Å². The monoisotopic (exact) mass is 354 g/mol. The summed E-state index contributed by atoms with van der Waals surface area (Å²) >= 11 is 0. The Labute approximate surface area is 152 Å². The van der Waals surface area contributed by atoms with E-state index in [0.29, 0.717) is 37.4 Å². The maximum Gasteiger partial charge on any atom is 0.410 e. The molecule has 0 bridgehead atoms. The van der Waals surface area contributed by atoms with Crippen LogP contribution in [-0.2, 0) is 4.74 Å². The average Bonchev–Trinajstić information content (AvgIpc) is 3.21. The molecule has 1 N–H and O–H groups in total. The van der Waals surface area contributed by atoms with E-state index in [2.05, 4.69) is 9.97 Å². The van der Waals surface area contributed by atoms with Crippen LogP contribution in [0.3, 0.4) is 0 Å². The van der Waals surface area contributed by atoms with E-state index >= 15 is 0 Å².